The Bertz CT molecular complexity index is 1140. The van der Waals surface area contributed by atoms with Gasteiger partial charge in [-0.1, -0.05) is 12.1 Å². The first-order valence-corrected chi connectivity index (χ1v) is 11.0. The molecule has 0 bridgehead atoms. The van der Waals surface area contributed by atoms with E-state index in [1.54, 1.807) is 32.5 Å². The lowest BCUT2D eigenvalue weighted by Crippen LogP contribution is -2.39. The molecular formula is C25H28N4O4. The molecule has 1 amide bonds. The fourth-order valence-electron chi connectivity index (χ4n) is 4.05. The summed E-state index contributed by atoms with van der Waals surface area (Å²) in [6.45, 7) is 2.32. The third kappa shape index (κ3) is 5.23. The van der Waals surface area contributed by atoms with Gasteiger partial charge in [0.15, 0.2) is 5.69 Å². The van der Waals surface area contributed by atoms with Crippen LogP contribution in [0.4, 0.5) is 0 Å². The number of likely N-dealkylation sites (tertiary alicyclic amines) is 1. The number of aromatic nitrogens is 2. The number of nitrogens with one attached hydrogen (secondary N) is 1. The average Bonchev–Trinajstić information content (AvgIpc) is 3.39. The summed E-state index contributed by atoms with van der Waals surface area (Å²) in [7, 11) is 3.23. The summed E-state index contributed by atoms with van der Waals surface area (Å²) in [6, 6.07) is 16.5. The van der Waals surface area contributed by atoms with E-state index in [0.717, 1.165) is 42.9 Å². The highest BCUT2D eigenvalue weighted by atomic mass is 16.5. The minimum Gasteiger partial charge on any atom is -0.497 e. The van der Waals surface area contributed by atoms with E-state index < -0.39 is 11.3 Å². The van der Waals surface area contributed by atoms with Crippen LogP contribution < -0.4 is 20.2 Å². The molecule has 0 aliphatic carbocycles. The fourth-order valence-corrected chi connectivity index (χ4v) is 4.05. The number of nitrogens with zero attached hydrogens (tertiary/aromatic N) is 3. The second-order valence-electron chi connectivity index (χ2n) is 7.91. The number of benzene rings is 2. The van der Waals surface area contributed by atoms with Gasteiger partial charge in [0, 0.05) is 18.8 Å². The summed E-state index contributed by atoms with van der Waals surface area (Å²) >= 11 is 0. The van der Waals surface area contributed by atoms with Gasteiger partial charge in [-0.15, -0.1) is 0 Å². The Balaban J connectivity index is 1.52. The van der Waals surface area contributed by atoms with E-state index in [0.29, 0.717) is 12.3 Å². The topological polar surface area (TPSA) is 85.7 Å². The predicted octanol–water partition coefficient (Wildman–Crippen LogP) is 2.82. The number of amides is 1. The van der Waals surface area contributed by atoms with E-state index in [2.05, 4.69) is 15.3 Å². The average molecular weight is 449 g/mol. The van der Waals surface area contributed by atoms with E-state index in [-0.39, 0.29) is 11.7 Å². The SMILES string of the molecule is COc1ccc([C@@H](CNC(=O)c2nn(-c3ccc(OC)cc3)ccc2=O)N2CCCC2)cc1. The molecule has 2 heterocycles. The van der Waals surface area contributed by atoms with Crippen LogP contribution in [-0.2, 0) is 0 Å². The second kappa shape index (κ2) is 10.3. The first kappa shape index (κ1) is 22.5. The van der Waals surface area contributed by atoms with E-state index >= 15 is 0 Å². The Morgan fingerprint density at radius 3 is 2.18 bits per heavy atom. The second-order valence-corrected chi connectivity index (χ2v) is 7.91. The molecule has 33 heavy (non-hydrogen) atoms. The van der Waals surface area contributed by atoms with E-state index in [1.165, 1.54) is 10.7 Å². The van der Waals surface area contributed by atoms with Crippen LogP contribution in [0.2, 0.25) is 0 Å². The maximum atomic E-state index is 13.0. The van der Waals surface area contributed by atoms with Gasteiger partial charge in [-0.05, 0) is 67.9 Å². The lowest BCUT2D eigenvalue weighted by atomic mass is 10.1. The Hall–Kier alpha value is -3.65. The van der Waals surface area contributed by atoms with Crippen molar-refractivity contribution in [2.75, 3.05) is 33.9 Å². The van der Waals surface area contributed by atoms with Crippen molar-refractivity contribution in [1.82, 2.24) is 20.0 Å². The highest BCUT2D eigenvalue weighted by Gasteiger charge is 2.25. The zero-order chi connectivity index (χ0) is 23.2. The molecular weight excluding hydrogens is 420 g/mol. The van der Waals surface area contributed by atoms with Crippen molar-refractivity contribution < 1.29 is 14.3 Å². The molecule has 8 nitrogen and oxygen atoms in total. The van der Waals surface area contributed by atoms with Crippen molar-refractivity contribution in [3.63, 3.8) is 0 Å². The van der Waals surface area contributed by atoms with Crippen molar-refractivity contribution in [1.29, 1.82) is 0 Å². The third-order valence-corrected chi connectivity index (χ3v) is 5.90. The van der Waals surface area contributed by atoms with E-state index in [1.807, 2.05) is 36.4 Å². The molecule has 8 heteroatoms. The molecule has 0 saturated carbocycles. The largest absolute Gasteiger partial charge is 0.497 e. The number of rotatable bonds is 8. The van der Waals surface area contributed by atoms with Gasteiger partial charge in [-0.2, -0.15) is 5.10 Å². The van der Waals surface area contributed by atoms with Crippen molar-refractivity contribution in [2.24, 2.45) is 0 Å². The summed E-state index contributed by atoms with van der Waals surface area (Å²) in [5.41, 5.74) is 1.26. The van der Waals surface area contributed by atoms with Crippen LogP contribution in [0.25, 0.3) is 5.69 Å². The summed E-state index contributed by atoms with van der Waals surface area (Å²) in [4.78, 5) is 27.7. The number of ether oxygens (including phenoxy) is 2. The molecule has 0 radical (unpaired) electrons. The molecule has 4 rings (SSSR count). The fraction of sp³-hybridized carbons (Fsp3) is 0.320. The molecule has 1 saturated heterocycles. The zero-order valence-corrected chi connectivity index (χ0v) is 18.9. The van der Waals surface area contributed by atoms with Gasteiger partial charge in [0.1, 0.15) is 11.5 Å². The minimum absolute atomic E-state index is 0.00915. The molecule has 0 spiro atoms. The van der Waals surface area contributed by atoms with Crippen LogP contribution in [-0.4, -0.2) is 54.4 Å². The van der Waals surface area contributed by atoms with Crippen LogP contribution in [0.1, 0.15) is 34.9 Å². The van der Waals surface area contributed by atoms with E-state index in [9.17, 15) is 9.59 Å². The summed E-state index contributed by atoms with van der Waals surface area (Å²) in [6.07, 6.45) is 3.81. The maximum Gasteiger partial charge on any atom is 0.275 e. The van der Waals surface area contributed by atoms with Crippen molar-refractivity contribution in [3.8, 4) is 17.2 Å². The lowest BCUT2D eigenvalue weighted by Gasteiger charge is -2.28. The standard InChI is InChI=1S/C25H28N4O4/c1-32-20-9-5-18(6-10-20)22(28-14-3-4-15-28)17-26-25(31)24-23(30)13-16-29(27-24)19-7-11-21(33-2)12-8-19/h5-13,16,22H,3-4,14-15,17H2,1-2H3,(H,26,31)/t22-/m1/s1. The van der Waals surface area contributed by atoms with Crippen LogP contribution in [0, 0.1) is 0 Å². The first-order valence-electron chi connectivity index (χ1n) is 11.0. The molecule has 1 N–H and O–H groups in total. The van der Waals surface area contributed by atoms with Crippen molar-refractivity contribution >= 4 is 5.91 Å². The number of hydrogen-bond donors (Lipinski definition) is 1. The maximum absolute atomic E-state index is 13.0. The quantitative estimate of drug-likeness (QED) is 0.570. The molecule has 2 aromatic carbocycles. The molecule has 0 unspecified atom stereocenters. The lowest BCUT2D eigenvalue weighted by molar-refractivity contribution is 0.0930. The van der Waals surface area contributed by atoms with Gasteiger partial charge in [0.05, 0.1) is 25.9 Å². The van der Waals surface area contributed by atoms with Gasteiger partial charge >= 0.3 is 0 Å². The Labute approximate surface area is 192 Å². The van der Waals surface area contributed by atoms with Crippen LogP contribution in [0.15, 0.2) is 65.6 Å². The zero-order valence-electron chi connectivity index (χ0n) is 18.9. The predicted molar refractivity (Wildman–Crippen MR) is 125 cm³/mol. The molecule has 1 aliphatic rings. The monoisotopic (exact) mass is 448 g/mol. The summed E-state index contributed by atoms with van der Waals surface area (Å²) in [5.74, 6) is 1.01. The smallest absolute Gasteiger partial charge is 0.275 e. The van der Waals surface area contributed by atoms with Crippen LogP contribution in [0.5, 0.6) is 11.5 Å². The number of carbonyl (C=O) groups excluding carboxylic acids is 1. The molecule has 1 fully saturated rings. The first-order chi connectivity index (χ1) is 16.1. The van der Waals surface area contributed by atoms with Gasteiger partial charge < -0.3 is 14.8 Å². The van der Waals surface area contributed by atoms with E-state index in [4.69, 9.17) is 9.47 Å². The Morgan fingerprint density at radius 2 is 1.58 bits per heavy atom. The Kier molecular flexibility index (Phi) is 7.04. The number of hydrogen-bond acceptors (Lipinski definition) is 6. The van der Waals surface area contributed by atoms with Crippen molar-refractivity contribution in [3.05, 3.63) is 82.3 Å². The highest BCUT2D eigenvalue weighted by molar-refractivity contribution is 5.92. The number of methoxy groups -OCH3 is 2. The van der Waals surface area contributed by atoms with Gasteiger partial charge in [-0.3, -0.25) is 14.5 Å². The van der Waals surface area contributed by atoms with Crippen LogP contribution >= 0.6 is 0 Å². The Morgan fingerprint density at radius 1 is 0.970 bits per heavy atom. The molecule has 1 atom stereocenters. The van der Waals surface area contributed by atoms with Gasteiger partial charge in [-0.25, -0.2) is 4.68 Å². The highest BCUT2D eigenvalue weighted by Crippen LogP contribution is 2.26. The summed E-state index contributed by atoms with van der Waals surface area (Å²) in [5, 5.41) is 7.22. The normalized spacial score (nSPS) is 14.6. The third-order valence-electron chi connectivity index (χ3n) is 5.90. The molecule has 1 aromatic heterocycles. The van der Waals surface area contributed by atoms with Crippen LogP contribution in [0.3, 0.4) is 0 Å². The van der Waals surface area contributed by atoms with Gasteiger partial charge in [0.25, 0.3) is 5.91 Å². The van der Waals surface area contributed by atoms with Crippen molar-refractivity contribution in [2.45, 2.75) is 18.9 Å². The summed E-state index contributed by atoms with van der Waals surface area (Å²) < 4.78 is 12.0. The minimum atomic E-state index is -0.486. The molecule has 1 aliphatic heterocycles. The molecule has 3 aromatic rings. The van der Waals surface area contributed by atoms with Gasteiger partial charge in [0.2, 0.25) is 5.43 Å². The number of carbonyl (C=O) groups is 1. The molecule has 172 valence electrons.